The normalized spacial score (nSPS) is 25.8. The molecule has 0 amide bonds. The van der Waals surface area contributed by atoms with Crippen molar-refractivity contribution >= 4 is 0 Å². The molecule has 0 aromatic heterocycles. The summed E-state index contributed by atoms with van der Waals surface area (Å²) in [5, 5.41) is 8.85. The summed E-state index contributed by atoms with van der Waals surface area (Å²) < 4.78 is 0. The van der Waals surface area contributed by atoms with E-state index in [0.717, 1.165) is 24.6 Å². The zero-order valence-corrected chi connectivity index (χ0v) is 11.8. The van der Waals surface area contributed by atoms with E-state index >= 15 is 0 Å². The number of nitrogens with zero attached hydrogens (tertiary/aromatic N) is 2. The molecule has 0 aliphatic carbocycles. The molecule has 1 aliphatic heterocycles. The molecule has 102 valence electrons. The van der Waals surface area contributed by atoms with Crippen LogP contribution in [0.25, 0.3) is 0 Å². The monoisotopic (exact) mass is 257 g/mol. The summed E-state index contributed by atoms with van der Waals surface area (Å²) in [6.07, 6.45) is 2.44. The van der Waals surface area contributed by atoms with E-state index in [1.807, 2.05) is 12.1 Å². The van der Waals surface area contributed by atoms with Crippen molar-refractivity contribution in [1.82, 2.24) is 4.90 Å². The van der Waals surface area contributed by atoms with Gasteiger partial charge < -0.3 is 5.73 Å². The third-order valence-electron chi connectivity index (χ3n) is 4.32. The number of benzene rings is 1. The first-order valence-electron chi connectivity index (χ1n) is 7.11. The third-order valence-corrected chi connectivity index (χ3v) is 4.32. The number of piperidine rings is 1. The SMILES string of the molecule is CC1CCN(C(C)c2ccc(C#N)cc2)C(CN)C1. The first kappa shape index (κ1) is 14.0. The molecule has 3 heteroatoms. The van der Waals surface area contributed by atoms with E-state index in [1.54, 1.807) is 0 Å². The Balaban J connectivity index is 2.13. The van der Waals surface area contributed by atoms with E-state index in [-0.39, 0.29) is 0 Å². The zero-order chi connectivity index (χ0) is 13.8. The van der Waals surface area contributed by atoms with Gasteiger partial charge in [-0.15, -0.1) is 0 Å². The van der Waals surface area contributed by atoms with E-state index in [0.29, 0.717) is 12.1 Å². The van der Waals surface area contributed by atoms with Crippen molar-refractivity contribution in [2.75, 3.05) is 13.1 Å². The Morgan fingerprint density at radius 1 is 1.42 bits per heavy atom. The van der Waals surface area contributed by atoms with Gasteiger partial charge in [-0.2, -0.15) is 5.26 Å². The van der Waals surface area contributed by atoms with Crippen LogP contribution in [0.3, 0.4) is 0 Å². The molecule has 1 aromatic rings. The molecule has 0 saturated carbocycles. The molecule has 3 unspecified atom stereocenters. The van der Waals surface area contributed by atoms with E-state index in [2.05, 4.69) is 36.9 Å². The van der Waals surface area contributed by atoms with Gasteiger partial charge in [-0.1, -0.05) is 19.1 Å². The lowest BCUT2D eigenvalue weighted by molar-refractivity contribution is 0.0834. The van der Waals surface area contributed by atoms with Crippen LogP contribution in [0.2, 0.25) is 0 Å². The number of nitrogens with two attached hydrogens (primary N) is 1. The fourth-order valence-corrected chi connectivity index (χ4v) is 3.04. The highest BCUT2D eigenvalue weighted by atomic mass is 15.2. The van der Waals surface area contributed by atoms with E-state index in [9.17, 15) is 0 Å². The van der Waals surface area contributed by atoms with Crippen molar-refractivity contribution in [3.63, 3.8) is 0 Å². The number of rotatable bonds is 3. The van der Waals surface area contributed by atoms with E-state index in [1.165, 1.54) is 18.4 Å². The second kappa shape index (κ2) is 6.18. The van der Waals surface area contributed by atoms with Crippen LogP contribution in [0.15, 0.2) is 24.3 Å². The lowest BCUT2D eigenvalue weighted by Crippen LogP contribution is -2.47. The van der Waals surface area contributed by atoms with Gasteiger partial charge in [0.05, 0.1) is 11.6 Å². The van der Waals surface area contributed by atoms with Crippen molar-refractivity contribution in [3.8, 4) is 6.07 Å². The Hall–Kier alpha value is -1.37. The minimum Gasteiger partial charge on any atom is -0.329 e. The van der Waals surface area contributed by atoms with Crippen LogP contribution < -0.4 is 5.73 Å². The first-order chi connectivity index (χ1) is 9.15. The van der Waals surface area contributed by atoms with Gasteiger partial charge in [0.15, 0.2) is 0 Å². The summed E-state index contributed by atoms with van der Waals surface area (Å²) >= 11 is 0. The highest BCUT2D eigenvalue weighted by Gasteiger charge is 2.29. The summed E-state index contributed by atoms with van der Waals surface area (Å²) in [5.74, 6) is 0.776. The van der Waals surface area contributed by atoms with Gasteiger partial charge in [0.2, 0.25) is 0 Å². The summed E-state index contributed by atoms with van der Waals surface area (Å²) in [5.41, 5.74) is 7.92. The van der Waals surface area contributed by atoms with Crippen LogP contribution in [-0.4, -0.2) is 24.0 Å². The van der Waals surface area contributed by atoms with Crippen LogP contribution in [0.5, 0.6) is 0 Å². The molecular weight excluding hydrogens is 234 g/mol. The van der Waals surface area contributed by atoms with Gasteiger partial charge in [0.25, 0.3) is 0 Å². The van der Waals surface area contributed by atoms with Crippen molar-refractivity contribution in [3.05, 3.63) is 35.4 Å². The highest BCUT2D eigenvalue weighted by molar-refractivity contribution is 5.32. The van der Waals surface area contributed by atoms with Crippen molar-refractivity contribution < 1.29 is 0 Å². The second-order valence-corrected chi connectivity index (χ2v) is 5.67. The molecule has 0 spiro atoms. The second-order valence-electron chi connectivity index (χ2n) is 5.67. The third kappa shape index (κ3) is 3.15. The summed E-state index contributed by atoms with van der Waals surface area (Å²) in [6, 6.07) is 10.9. The van der Waals surface area contributed by atoms with Crippen molar-refractivity contribution in [2.24, 2.45) is 11.7 Å². The molecule has 1 aromatic carbocycles. The average Bonchev–Trinajstić information content (AvgIpc) is 2.46. The molecule has 19 heavy (non-hydrogen) atoms. The maximum Gasteiger partial charge on any atom is 0.0991 e. The van der Waals surface area contributed by atoms with Gasteiger partial charge in [-0.3, -0.25) is 4.90 Å². The Labute approximate surface area is 116 Å². The predicted molar refractivity (Wildman–Crippen MR) is 77.5 cm³/mol. The molecule has 3 atom stereocenters. The quantitative estimate of drug-likeness (QED) is 0.905. The lowest BCUT2D eigenvalue weighted by Gasteiger charge is -2.41. The Kier molecular flexibility index (Phi) is 4.57. The molecule has 2 N–H and O–H groups in total. The zero-order valence-electron chi connectivity index (χ0n) is 11.8. The standard InChI is InChI=1S/C16H23N3/c1-12-7-8-19(16(9-12)11-18)13(2)15-5-3-14(10-17)4-6-15/h3-6,12-13,16H,7-9,11,18H2,1-2H3. The fourth-order valence-electron chi connectivity index (χ4n) is 3.04. The Morgan fingerprint density at radius 3 is 2.68 bits per heavy atom. The maximum atomic E-state index is 8.85. The Morgan fingerprint density at radius 2 is 2.11 bits per heavy atom. The van der Waals surface area contributed by atoms with E-state index in [4.69, 9.17) is 11.0 Å². The lowest BCUT2D eigenvalue weighted by atomic mass is 9.90. The molecule has 3 nitrogen and oxygen atoms in total. The van der Waals surface area contributed by atoms with Gasteiger partial charge in [-0.05, 0) is 49.9 Å². The first-order valence-corrected chi connectivity index (χ1v) is 7.11. The van der Waals surface area contributed by atoms with Gasteiger partial charge in [0, 0.05) is 18.6 Å². The van der Waals surface area contributed by atoms with Crippen molar-refractivity contribution in [1.29, 1.82) is 5.26 Å². The van der Waals surface area contributed by atoms with Crippen molar-refractivity contribution in [2.45, 2.75) is 38.8 Å². The summed E-state index contributed by atoms with van der Waals surface area (Å²) in [4.78, 5) is 2.52. The highest BCUT2D eigenvalue weighted by Crippen LogP contribution is 2.30. The minimum absolute atomic E-state index is 0.369. The van der Waals surface area contributed by atoms with Crippen LogP contribution in [-0.2, 0) is 0 Å². The number of hydrogen-bond acceptors (Lipinski definition) is 3. The molecule has 0 bridgehead atoms. The van der Waals surface area contributed by atoms with Crippen LogP contribution in [0.1, 0.15) is 43.9 Å². The van der Waals surface area contributed by atoms with E-state index < -0.39 is 0 Å². The van der Waals surface area contributed by atoms with Gasteiger partial charge >= 0.3 is 0 Å². The number of likely N-dealkylation sites (tertiary alicyclic amines) is 1. The predicted octanol–water partition coefficient (Wildman–Crippen LogP) is 2.68. The smallest absolute Gasteiger partial charge is 0.0991 e. The number of hydrogen-bond donors (Lipinski definition) is 1. The molecule has 0 radical (unpaired) electrons. The van der Waals surface area contributed by atoms with Crippen LogP contribution in [0, 0.1) is 17.2 Å². The van der Waals surface area contributed by atoms with Crippen LogP contribution >= 0.6 is 0 Å². The van der Waals surface area contributed by atoms with Gasteiger partial charge in [0.1, 0.15) is 0 Å². The minimum atomic E-state index is 0.369. The molecule has 1 aliphatic rings. The summed E-state index contributed by atoms with van der Waals surface area (Å²) in [6.45, 7) is 6.39. The molecule has 2 rings (SSSR count). The average molecular weight is 257 g/mol. The topological polar surface area (TPSA) is 53.0 Å². The molecular formula is C16H23N3. The molecule has 1 saturated heterocycles. The van der Waals surface area contributed by atoms with Gasteiger partial charge in [-0.25, -0.2) is 0 Å². The fraction of sp³-hybridized carbons (Fsp3) is 0.562. The summed E-state index contributed by atoms with van der Waals surface area (Å²) in [7, 11) is 0. The van der Waals surface area contributed by atoms with Crippen LogP contribution in [0.4, 0.5) is 0 Å². The Bertz CT molecular complexity index is 446. The maximum absolute atomic E-state index is 8.85. The molecule has 1 heterocycles. The molecule has 1 fully saturated rings. The number of nitriles is 1. The largest absolute Gasteiger partial charge is 0.329 e.